The van der Waals surface area contributed by atoms with Crippen LogP contribution in [0, 0.1) is 0 Å². The monoisotopic (exact) mass is 474 g/mol. The summed E-state index contributed by atoms with van der Waals surface area (Å²) in [5, 5.41) is 2.02. The molecule has 6 heteroatoms. The molecule has 1 aromatic heterocycles. The first-order chi connectivity index (χ1) is 16.7. The van der Waals surface area contributed by atoms with Crippen LogP contribution in [0.15, 0.2) is 84.3 Å². The van der Waals surface area contributed by atoms with Crippen LogP contribution in [0.3, 0.4) is 0 Å². The van der Waals surface area contributed by atoms with E-state index >= 15 is 0 Å². The fourth-order valence-electron chi connectivity index (χ4n) is 3.99. The number of thiophene rings is 1. The molecule has 1 aliphatic rings. The summed E-state index contributed by atoms with van der Waals surface area (Å²) in [6, 6.07) is 23.7. The molecule has 34 heavy (non-hydrogen) atoms. The minimum atomic E-state index is -0.177. The van der Waals surface area contributed by atoms with Crippen molar-refractivity contribution in [1.82, 2.24) is 9.80 Å². The fraction of sp³-hybridized carbons (Fsp3) is 0.286. The Bertz CT molecular complexity index is 1060. The summed E-state index contributed by atoms with van der Waals surface area (Å²) in [5.74, 6) is -0.250. The van der Waals surface area contributed by atoms with Gasteiger partial charge in [0.25, 0.3) is 0 Å². The van der Waals surface area contributed by atoms with Gasteiger partial charge in [-0.3, -0.25) is 9.59 Å². The van der Waals surface area contributed by atoms with E-state index in [1.165, 1.54) is 0 Å². The van der Waals surface area contributed by atoms with E-state index in [0.717, 1.165) is 28.8 Å². The van der Waals surface area contributed by atoms with Crippen molar-refractivity contribution in [3.63, 3.8) is 0 Å². The van der Waals surface area contributed by atoms with Crippen molar-refractivity contribution in [1.29, 1.82) is 0 Å². The second-order valence-electron chi connectivity index (χ2n) is 8.41. The zero-order chi connectivity index (χ0) is 23.6. The second-order valence-corrected chi connectivity index (χ2v) is 9.44. The minimum Gasteiger partial charge on any atom is -0.376 e. The number of carbonyl (C=O) groups excluding carboxylic acids is 2. The number of benzene rings is 2. The third kappa shape index (κ3) is 7.14. The SMILES string of the molecule is O=C(C=Cc1ccccc1)N(CC(=O)N(Cc1ccccc1)Cc1cccs1)CC1CCCO1. The Kier molecular flexibility index (Phi) is 8.65. The van der Waals surface area contributed by atoms with Gasteiger partial charge in [0.05, 0.1) is 12.6 Å². The number of carbonyl (C=O) groups is 2. The van der Waals surface area contributed by atoms with Gasteiger partial charge >= 0.3 is 0 Å². The molecule has 0 saturated carbocycles. The van der Waals surface area contributed by atoms with E-state index in [4.69, 9.17) is 4.74 Å². The van der Waals surface area contributed by atoms with Gasteiger partial charge in [0.2, 0.25) is 11.8 Å². The van der Waals surface area contributed by atoms with Gasteiger partial charge in [-0.1, -0.05) is 66.7 Å². The molecule has 2 aromatic carbocycles. The van der Waals surface area contributed by atoms with Gasteiger partial charge in [-0.2, -0.15) is 0 Å². The number of hydrogen-bond acceptors (Lipinski definition) is 4. The summed E-state index contributed by atoms with van der Waals surface area (Å²) in [6.07, 6.45) is 5.21. The molecule has 176 valence electrons. The standard InChI is InChI=1S/C28H30N2O3S/c31-27(16-15-23-9-3-1-4-10-23)30(20-25-13-7-17-33-25)22-28(32)29(21-26-14-8-18-34-26)19-24-11-5-2-6-12-24/h1-6,8-12,14-16,18,25H,7,13,17,19-22H2. The third-order valence-corrected chi connectivity index (χ3v) is 6.66. The average molecular weight is 475 g/mol. The van der Waals surface area contributed by atoms with Gasteiger partial charge < -0.3 is 14.5 Å². The van der Waals surface area contributed by atoms with Crippen molar-refractivity contribution >= 4 is 29.2 Å². The van der Waals surface area contributed by atoms with Gasteiger partial charge in [0, 0.05) is 30.6 Å². The highest BCUT2D eigenvalue weighted by molar-refractivity contribution is 7.09. The Balaban J connectivity index is 1.49. The lowest BCUT2D eigenvalue weighted by molar-refractivity contribution is -0.140. The van der Waals surface area contributed by atoms with Crippen LogP contribution in [-0.4, -0.2) is 47.4 Å². The van der Waals surface area contributed by atoms with Gasteiger partial charge in [-0.05, 0) is 41.5 Å². The topological polar surface area (TPSA) is 49.9 Å². The minimum absolute atomic E-state index is 0.0238. The number of hydrogen-bond donors (Lipinski definition) is 0. The summed E-state index contributed by atoms with van der Waals surface area (Å²) < 4.78 is 5.78. The number of nitrogens with zero attached hydrogens (tertiary/aromatic N) is 2. The normalized spacial score (nSPS) is 15.5. The summed E-state index contributed by atoms with van der Waals surface area (Å²) >= 11 is 1.63. The van der Waals surface area contributed by atoms with Crippen molar-refractivity contribution < 1.29 is 14.3 Å². The summed E-state index contributed by atoms with van der Waals surface area (Å²) in [5.41, 5.74) is 2.01. The molecule has 5 nitrogen and oxygen atoms in total. The molecule has 1 aliphatic heterocycles. The zero-order valence-electron chi connectivity index (χ0n) is 19.2. The van der Waals surface area contributed by atoms with Crippen LogP contribution in [0.1, 0.15) is 28.8 Å². The molecule has 1 saturated heterocycles. The number of rotatable bonds is 10. The highest BCUT2D eigenvalue weighted by atomic mass is 32.1. The fourth-order valence-corrected chi connectivity index (χ4v) is 4.71. The Morgan fingerprint density at radius 3 is 2.38 bits per heavy atom. The van der Waals surface area contributed by atoms with Crippen LogP contribution in [-0.2, 0) is 27.4 Å². The van der Waals surface area contributed by atoms with E-state index in [-0.39, 0.29) is 24.5 Å². The molecule has 2 heterocycles. The van der Waals surface area contributed by atoms with Gasteiger partial charge in [-0.15, -0.1) is 11.3 Å². The smallest absolute Gasteiger partial charge is 0.247 e. The van der Waals surface area contributed by atoms with Crippen molar-refractivity contribution in [2.75, 3.05) is 19.7 Å². The lowest BCUT2D eigenvalue weighted by Gasteiger charge is -2.28. The molecule has 0 aliphatic carbocycles. The van der Waals surface area contributed by atoms with E-state index in [1.54, 1.807) is 28.4 Å². The summed E-state index contributed by atoms with van der Waals surface area (Å²) in [6.45, 7) is 2.17. The first kappa shape index (κ1) is 23.9. The molecular weight excluding hydrogens is 444 g/mol. The van der Waals surface area contributed by atoms with Crippen LogP contribution in [0.25, 0.3) is 6.08 Å². The molecule has 0 bridgehead atoms. The molecule has 1 unspecified atom stereocenters. The van der Waals surface area contributed by atoms with Crippen molar-refractivity contribution in [2.45, 2.75) is 32.0 Å². The van der Waals surface area contributed by atoms with Crippen LogP contribution < -0.4 is 0 Å². The predicted molar refractivity (Wildman–Crippen MR) is 136 cm³/mol. The lowest BCUT2D eigenvalue weighted by atomic mass is 10.2. The Morgan fingerprint density at radius 1 is 0.941 bits per heavy atom. The predicted octanol–water partition coefficient (Wildman–Crippen LogP) is 5.00. The Morgan fingerprint density at radius 2 is 1.71 bits per heavy atom. The molecule has 0 N–H and O–H groups in total. The first-order valence-electron chi connectivity index (χ1n) is 11.6. The van der Waals surface area contributed by atoms with E-state index in [9.17, 15) is 9.59 Å². The van der Waals surface area contributed by atoms with E-state index < -0.39 is 0 Å². The largest absolute Gasteiger partial charge is 0.376 e. The zero-order valence-corrected chi connectivity index (χ0v) is 20.0. The van der Waals surface area contributed by atoms with E-state index in [0.29, 0.717) is 26.2 Å². The molecule has 1 fully saturated rings. The molecule has 3 aromatic rings. The van der Waals surface area contributed by atoms with E-state index in [2.05, 4.69) is 0 Å². The third-order valence-electron chi connectivity index (χ3n) is 5.80. The van der Waals surface area contributed by atoms with Crippen LogP contribution in [0.5, 0.6) is 0 Å². The van der Waals surface area contributed by atoms with E-state index in [1.807, 2.05) is 83.1 Å². The summed E-state index contributed by atoms with van der Waals surface area (Å²) in [7, 11) is 0. The van der Waals surface area contributed by atoms with Crippen molar-refractivity contribution in [3.05, 3.63) is 100 Å². The second kappa shape index (κ2) is 12.3. The molecule has 0 spiro atoms. The Hall–Kier alpha value is -3.22. The molecule has 2 amide bonds. The van der Waals surface area contributed by atoms with Gasteiger partial charge in [0.15, 0.2) is 0 Å². The summed E-state index contributed by atoms with van der Waals surface area (Å²) in [4.78, 5) is 31.2. The number of ether oxygens (including phenoxy) is 1. The number of amides is 2. The van der Waals surface area contributed by atoms with Gasteiger partial charge in [-0.25, -0.2) is 0 Å². The highest BCUT2D eigenvalue weighted by Gasteiger charge is 2.25. The maximum atomic E-state index is 13.5. The quantitative estimate of drug-likeness (QED) is 0.389. The van der Waals surface area contributed by atoms with Crippen LogP contribution in [0.4, 0.5) is 0 Å². The van der Waals surface area contributed by atoms with Gasteiger partial charge in [0.1, 0.15) is 6.54 Å². The van der Waals surface area contributed by atoms with Crippen molar-refractivity contribution in [3.8, 4) is 0 Å². The molecule has 1 atom stereocenters. The Labute approximate surface area is 205 Å². The molecule has 4 rings (SSSR count). The van der Waals surface area contributed by atoms with Crippen molar-refractivity contribution in [2.24, 2.45) is 0 Å². The maximum Gasteiger partial charge on any atom is 0.247 e. The average Bonchev–Trinajstić information content (AvgIpc) is 3.57. The highest BCUT2D eigenvalue weighted by Crippen LogP contribution is 2.17. The van der Waals surface area contributed by atoms with Crippen LogP contribution in [0.2, 0.25) is 0 Å². The first-order valence-corrected chi connectivity index (χ1v) is 12.5. The lowest BCUT2D eigenvalue weighted by Crippen LogP contribution is -2.44. The molecular formula is C28H30N2O3S. The molecule has 0 radical (unpaired) electrons. The maximum absolute atomic E-state index is 13.5. The van der Waals surface area contributed by atoms with Crippen LogP contribution >= 0.6 is 11.3 Å².